The van der Waals surface area contributed by atoms with Crippen molar-refractivity contribution in [2.45, 2.75) is 19.5 Å². The third-order valence-electron chi connectivity index (χ3n) is 3.19. The molecule has 0 aliphatic heterocycles. The molecule has 0 saturated heterocycles. The molecule has 2 rings (SSSR count). The Bertz CT molecular complexity index is 501. The van der Waals surface area contributed by atoms with Crippen LogP contribution >= 0.6 is 12.4 Å². The summed E-state index contributed by atoms with van der Waals surface area (Å²) in [6, 6.07) is 10.9. The van der Waals surface area contributed by atoms with Gasteiger partial charge >= 0.3 is 0 Å². The fourth-order valence-corrected chi connectivity index (χ4v) is 1.85. The molecule has 0 aliphatic rings. The number of halogens is 1. The van der Waals surface area contributed by atoms with Crippen LogP contribution in [0.3, 0.4) is 0 Å². The van der Waals surface area contributed by atoms with E-state index in [1.54, 1.807) is 0 Å². The molecule has 3 nitrogen and oxygen atoms in total. The maximum Gasteiger partial charge on any atom is 0.0702 e. The zero-order chi connectivity index (χ0) is 12.3. The number of likely N-dealkylation sites (N-methyl/N-ethyl adjacent to an activating group) is 1. The van der Waals surface area contributed by atoms with Crippen LogP contribution in [0.2, 0.25) is 0 Å². The van der Waals surface area contributed by atoms with E-state index >= 15 is 0 Å². The van der Waals surface area contributed by atoms with E-state index in [9.17, 15) is 0 Å². The van der Waals surface area contributed by atoms with Gasteiger partial charge in [0.1, 0.15) is 0 Å². The summed E-state index contributed by atoms with van der Waals surface area (Å²) in [5.41, 5.74) is 8.01. The third-order valence-corrected chi connectivity index (χ3v) is 3.19. The fourth-order valence-electron chi connectivity index (χ4n) is 1.85. The van der Waals surface area contributed by atoms with Gasteiger partial charge in [-0.3, -0.25) is 9.88 Å². The molecule has 18 heavy (non-hydrogen) atoms. The minimum atomic E-state index is 0. The van der Waals surface area contributed by atoms with Crippen LogP contribution in [0.5, 0.6) is 0 Å². The first-order valence-electron chi connectivity index (χ1n) is 5.94. The highest BCUT2D eigenvalue weighted by Gasteiger charge is 2.07. The molecule has 2 aromatic rings. The molecule has 1 heterocycles. The average molecular weight is 266 g/mol. The van der Waals surface area contributed by atoms with Gasteiger partial charge in [-0.15, -0.1) is 12.4 Å². The molecule has 4 heteroatoms. The highest BCUT2D eigenvalue weighted by Crippen LogP contribution is 2.15. The monoisotopic (exact) mass is 265 g/mol. The minimum absolute atomic E-state index is 0. The number of fused-ring (bicyclic) bond motifs is 1. The standard InChI is InChI=1S/C14H19N3.ClH/c1-11(9-15)17(2)10-12-5-6-14-13(8-12)4-3-7-16-14;/h3-8,11H,9-10,15H2,1-2H3;1H. The van der Waals surface area contributed by atoms with E-state index in [2.05, 4.69) is 48.1 Å². The second kappa shape index (κ2) is 6.69. The lowest BCUT2D eigenvalue weighted by molar-refractivity contribution is 0.255. The van der Waals surface area contributed by atoms with Crippen molar-refractivity contribution in [3.63, 3.8) is 0 Å². The van der Waals surface area contributed by atoms with Crippen LogP contribution in [0, 0.1) is 0 Å². The van der Waals surface area contributed by atoms with E-state index < -0.39 is 0 Å². The van der Waals surface area contributed by atoms with Crippen LogP contribution in [-0.2, 0) is 6.54 Å². The zero-order valence-corrected chi connectivity index (χ0v) is 11.7. The molecular weight excluding hydrogens is 246 g/mol. The van der Waals surface area contributed by atoms with Crippen molar-refractivity contribution in [1.82, 2.24) is 9.88 Å². The van der Waals surface area contributed by atoms with Gasteiger partial charge < -0.3 is 5.73 Å². The molecule has 0 bridgehead atoms. The van der Waals surface area contributed by atoms with Gasteiger partial charge in [0, 0.05) is 30.7 Å². The van der Waals surface area contributed by atoms with E-state index in [4.69, 9.17) is 5.73 Å². The number of pyridine rings is 1. The highest BCUT2D eigenvalue weighted by atomic mass is 35.5. The van der Waals surface area contributed by atoms with Crippen molar-refractivity contribution in [2.24, 2.45) is 5.73 Å². The summed E-state index contributed by atoms with van der Waals surface area (Å²) >= 11 is 0. The normalized spacial score (nSPS) is 12.4. The Balaban J connectivity index is 0.00000162. The summed E-state index contributed by atoms with van der Waals surface area (Å²) in [5.74, 6) is 0. The number of aromatic nitrogens is 1. The first-order valence-corrected chi connectivity index (χ1v) is 5.94. The van der Waals surface area contributed by atoms with Crippen molar-refractivity contribution < 1.29 is 0 Å². The molecule has 0 aliphatic carbocycles. The minimum Gasteiger partial charge on any atom is -0.329 e. The number of nitrogens with zero attached hydrogens (tertiary/aromatic N) is 2. The maximum atomic E-state index is 5.67. The predicted molar refractivity (Wildman–Crippen MR) is 79.0 cm³/mol. The van der Waals surface area contributed by atoms with Gasteiger partial charge in [0.25, 0.3) is 0 Å². The maximum absolute atomic E-state index is 5.67. The highest BCUT2D eigenvalue weighted by molar-refractivity contribution is 5.85. The summed E-state index contributed by atoms with van der Waals surface area (Å²) in [7, 11) is 2.10. The molecule has 0 spiro atoms. The summed E-state index contributed by atoms with van der Waals surface area (Å²) < 4.78 is 0. The van der Waals surface area contributed by atoms with Crippen LogP contribution in [0.1, 0.15) is 12.5 Å². The Labute approximate surface area is 114 Å². The predicted octanol–water partition coefficient (Wildman–Crippen LogP) is 2.44. The Morgan fingerprint density at radius 2 is 2.11 bits per heavy atom. The summed E-state index contributed by atoms with van der Waals surface area (Å²) in [5, 5.41) is 1.19. The van der Waals surface area contributed by atoms with Gasteiger partial charge in [0.05, 0.1) is 5.52 Å². The van der Waals surface area contributed by atoms with E-state index in [0.29, 0.717) is 12.6 Å². The SMILES string of the molecule is CC(CN)N(C)Cc1ccc2ncccc2c1.Cl. The summed E-state index contributed by atoms with van der Waals surface area (Å²) in [4.78, 5) is 6.58. The van der Waals surface area contributed by atoms with E-state index in [1.165, 1.54) is 10.9 Å². The van der Waals surface area contributed by atoms with E-state index in [1.807, 2.05) is 12.3 Å². The van der Waals surface area contributed by atoms with E-state index in [0.717, 1.165) is 12.1 Å². The largest absolute Gasteiger partial charge is 0.329 e. The van der Waals surface area contributed by atoms with E-state index in [-0.39, 0.29) is 12.4 Å². The van der Waals surface area contributed by atoms with Crippen molar-refractivity contribution in [2.75, 3.05) is 13.6 Å². The molecule has 1 aromatic carbocycles. The second-order valence-electron chi connectivity index (χ2n) is 4.53. The molecule has 98 valence electrons. The number of hydrogen-bond donors (Lipinski definition) is 1. The lowest BCUT2D eigenvalue weighted by Crippen LogP contribution is -2.34. The molecule has 0 amide bonds. The van der Waals surface area contributed by atoms with Crippen molar-refractivity contribution >= 4 is 23.3 Å². The lowest BCUT2D eigenvalue weighted by atomic mass is 10.1. The number of nitrogens with two attached hydrogens (primary N) is 1. The smallest absolute Gasteiger partial charge is 0.0702 e. The zero-order valence-electron chi connectivity index (χ0n) is 10.8. The first-order chi connectivity index (χ1) is 8.20. The molecule has 0 saturated carbocycles. The Morgan fingerprint density at radius 1 is 1.33 bits per heavy atom. The summed E-state index contributed by atoms with van der Waals surface area (Å²) in [6.07, 6.45) is 1.82. The summed E-state index contributed by atoms with van der Waals surface area (Å²) in [6.45, 7) is 3.75. The Morgan fingerprint density at radius 3 is 2.83 bits per heavy atom. The quantitative estimate of drug-likeness (QED) is 0.923. The first kappa shape index (κ1) is 14.9. The van der Waals surface area contributed by atoms with Crippen molar-refractivity contribution in [1.29, 1.82) is 0 Å². The molecule has 2 N–H and O–H groups in total. The van der Waals surface area contributed by atoms with Crippen molar-refractivity contribution in [3.05, 3.63) is 42.1 Å². The second-order valence-corrected chi connectivity index (χ2v) is 4.53. The van der Waals surface area contributed by atoms with Crippen LogP contribution in [-0.4, -0.2) is 29.5 Å². The molecule has 1 atom stereocenters. The van der Waals surface area contributed by atoms with Crippen LogP contribution < -0.4 is 5.73 Å². The fraction of sp³-hybridized carbons (Fsp3) is 0.357. The molecule has 1 unspecified atom stereocenters. The van der Waals surface area contributed by atoms with Crippen LogP contribution in [0.4, 0.5) is 0 Å². The molecule has 1 aromatic heterocycles. The number of benzene rings is 1. The molecule has 0 radical (unpaired) electrons. The van der Waals surface area contributed by atoms with Gasteiger partial charge in [-0.05, 0) is 37.7 Å². The van der Waals surface area contributed by atoms with Gasteiger partial charge in [-0.25, -0.2) is 0 Å². The lowest BCUT2D eigenvalue weighted by Gasteiger charge is -2.23. The number of hydrogen-bond acceptors (Lipinski definition) is 3. The molecular formula is C14H20ClN3. The van der Waals surface area contributed by atoms with Gasteiger partial charge in [0.2, 0.25) is 0 Å². The Hall–Kier alpha value is -1.16. The topological polar surface area (TPSA) is 42.1 Å². The van der Waals surface area contributed by atoms with Gasteiger partial charge in [-0.2, -0.15) is 0 Å². The average Bonchev–Trinajstić information content (AvgIpc) is 2.37. The number of rotatable bonds is 4. The third kappa shape index (κ3) is 3.42. The van der Waals surface area contributed by atoms with Crippen molar-refractivity contribution in [3.8, 4) is 0 Å². The van der Waals surface area contributed by atoms with Crippen LogP contribution in [0.15, 0.2) is 36.5 Å². The molecule has 0 fully saturated rings. The van der Waals surface area contributed by atoms with Crippen LogP contribution in [0.25, 0.3) is 10.9 Å². The Kier molecular flexibility index (Phi) is 5.54. The van der Waals surface area contributed by atoms with Gasteiger partial charge in [-0.1, -0.05) is 12.1 Å². The van der Waals surface area contributed by atoms with Gasteiger partial charge in [0.15, 0.2) is 0 Å².